The van der Waals surface area contributed by atoms with Crippen molar-refractivity contribution in [2.75, 3.05) is 6.54 Å². The molecule has 1 aromatic heterocycles. The third-order valence-corrected chi connectivity index (χ3v) is 6.93. The number of halogens is 3. The van der Waals surface area contributed by atoms with Crippen LogP contribution < -0.4 is 5.32 Å². The second-order valence-corrected chi connectivity index (χ2v) is 9.84. The second-order valence-electron chi connectivity index (χ2n) is 8.56. The zero-order chi connectivity index (χ0) is 24.4. The Morgan fingerprint density at radius 2 is 1.74 bits per heavy atom. The summed E-state index contributed by atoms with van der Waals surface area (Å²) in [6, 6.07) is 13.0. The summed E-state index contributed by atoms with van der Waals surface area (Å²) < 4.78 is 1.80. The standard InChI is InChI=1S/C27H23Cl3N4O/c28-19-7-5-17(6-8-19)15-18-3-1-2-4-22-25(27(35)32-21-11-13-31-14-12-21)33-34(26(18)22)24-10-9-20(29)16-23(24)30/h5-11,13,15-16H,1-4,12,14H2,(H,32,35). The van der Waals surface area contributed by atoms with Crippen molar-refractivity contribution < 1.29 is 4.79 Å². The van der Waals surface area contributed by atoms with Crippen molar-refractivity contribution in [3.8, 4) is 5.69 Å². The molecule has 2 aliphatic rings. The summed E-state index contributed by atoms with van der Waals surface area (Å²) >= 11 is 18.9. The van der Waals surface area contributed by atoms with Crippen LogP contribution in [0, 0.1) is 0 Å². The lowest BCUT2D eigenvalue weighted by molar-refractivity contribution is 0.0958. The first-order valence-corrected chi connectivity index (χ1v) is 12.7. The molecule has 1 aliphatic heterocycles. The van der Waals surface area contributed by atoms with E-state index >= 15 is 0 Å². The minimum atomic E-state index is -0.223. The fourth-order valence-electron chi connectivity index (χ4n) is 4.46. The number of nitrogens with one attached hydrogen (secondary N) is 1. The number of rotatable bonds is 4. The SMILES string of the molecule is O=C(NC1=CC=NCC1)c1nn(-c2ccc(Cl)cc2Cl)c2c1CCCCC2=Cc1ccc(Cl)cc1. The Bertz CT molecular complexity index is 1370. The summed E-state index contributed by atoms with van der Waals surface area (Å²) in [7, 11) is 0. The van der Waals surface area contributed by atoms with Gasteiger partial charge in [-0.25, -0.2) is 4.68 Å². The van der Waals surface area contributed by atoms with Gasteiger partial charge in [0.25, 0.3) is 5.91 Å². The van der Waals surface area contributed by atoms with Gasteiger partial charge in [0.05, 0.1) is 16.4 Å². The maximum atomic E-state index is 13.4. The third kappa shape index (κ3) is 5.22. The lowest BCUT2D eigenvalue weighted by Gasteiger charge is -2.13. The van der Waals surface area contributed by atoms with Crippen LogP contribution >= 0.6 is 34.8 Å². The van der Waals surface area contributed by atoms with Gasteiger partial charge in [-0.15, -0.1) is 0 Å². The summed E-state index contributed by atoms with van der Waals surface area (Å²) in [4.78, 5) is 17.6. The van der Waals surface area contributed by atoms with Crippen LogP contribution in [0.3, 0.4) is 0 Å². The van der Waals surface area contributed by atoms with Crippen LogP contribution in [0.15, 0.2) is 59.2 Å². The largest absolute Gasteiger partial charge is 0.324 e. The predicted molar refractivity (Wildman–Crippen MR) is 144 cm³/mol. The molecule has 5 nitrogen and oxygen atoms in total. The minimum absolute atomic E-state index is 0.223. The molecule has 178 valence electrons. The highest BCUT2D eigenvalue weighted by molar-refractivity contribution is 6.35. The van der Waals surface area contributed by atoms with E-state index in [2.05, 4.69) is 16.4 Å². The number of nitrogens with zero attached hydrogens (tertiary/aromatic N) is 3. The van der Waals surface area contributed by atoms with Crippen LogP contribution in [0.5, 0.6) is 0 Å². The zero-order valence-corrected chi connectivity index (χ0v) is 21.2. The molecule has 0 bridgehead atoms. The summed E-state index contributed by atoms with van der Waals surface area (Å²) in [5.41, 5.74) is 5.90. The molecule has 1 amide bonds. The second kappa shape index (κ2) is 10.4. The highest BCUT2D eigenvalue weighted by atomic mass is 35.5. The smallest absolute Gasteiger partial charge is 0.276 e. The van der Waals surface area contributed by atoms with Gasteiger partial charge in [0, 0.05) is 40.5 Å². The van der Waals surface area contributed by atoms with Crippen molar-refractivity contribution in [2.24, 2.45) is 4.99 Å². The average Bonchev–Trinajstić information content (AvgIpc) is 3.10. The van der Waals surface area contributed by atoms with E-state index in [0.29, 0.717) is 39.4 Å². The molecule has 0 spiro atoms. The number of allylic oxidation sites excluding steroid dienone is 2. The predicted octanol–water partition coefficient (Wildman–Crippen LogP) is 7.19. The fraction of sp³-hybridized carbons (Fsp3) is 0.222. The van der Waals surface area contributed by atoms with Gasteiger partial charge < -0.3 is 5.32 Å². The molecule has 0 atom stereocenters. The van der Waals surface area contributed by atoms with Crippen molar-refractivity contribution in [3.63, 3.8) is 0 Å². The number of aliphatic imine (C=N–C) groups is 1. The van der Waals surface area contributed by atoms with Crippen molar-refractivity contribution in [1.82, 2.24) is 15.1 Å². The number of benzene rings is 2. The third-order valence-electron chi connectivity index (χ3n) is 6.14. The molecule has 0 fully saturated rings. The molecule has 3 aromatic rings. The zero-order valence-electron chi connectivity index (χ0n) is 18.9. The Labute approximate surface area is 219 Å². The first kappa shape index (κ1) is 23.9. The van der Waals surface area contributed by atoms with Gasteiger partial charge in [0.2, 0.25) is 0 Å². The number of aromatic nitrogens is 2. The van der Waals surface area contributed by atoms with Crippen molar-refractivity contribution >= 4 is 58.6 Å². The number of carbonyl (C=O) groups excluding carboxylic acids is 1. The van der Waals surface area contributed by atoms with Crippen molar-refractivity contribution in [2.45, 2.75) is 32.1 Å². The molecule has 0 radical (unpaired) electrons. The highest BCUT2D eigenvalue weighted by Gasteiger charge is 2.28. The summed E-state index contributed by atoms with van der Waals surface area (Å²) in [5.74, 6) is -0.223. The first-order valence-electron chi connectivity index (χ1n) is 11.5. The van der Waals surface area contributed by atoms with E-state index in [4.69, 9.17) is 39.9 Å². The quantitative estimate of drug-likeness (QED) is 0.367. The monoisotopic (exact) mass is 524 g/mol. The van der Waals surface area contributed by atoms with Gasteiger partial charge in [-0.3, -0.25) is 9.79 Å². The molecule has 1 aliphatic carbocycles. The van der Waals surface area contributed by atoms with E-state index in [1.807, 2.05) is 36.4 Å². The highest BCUT2D eigenvalue weighted by Crippen LogP contribution is 2.37. The Balaban J connectivity index is 1.67. The number of fused-ring (bicyclic) bond motifs is 1. The Morgan fingerprint density at radius 1 is 0.971 bits per heavy atom. The van der Waals surface area contributed by atoms with E-state index in [0.717, 1.165) is 53.8 Å². The number of hydrogen-bond acceptors (Lipinski definition) is 3. The summed E-state index contributed by atoms with van der Waals surface area (Å²) in [5, 5.41) is 9.55. The Hall–Kier alpha value is -2.86. The number of carbonyl (C=O) groups is 1. The molecular formula is C27H23Cl3N4O. The van der Waals surface area contributed by atoms with Gasteiger partial charge in [0.1, 0.15) is 0 Å². The van der Waals surface area contributed by atoms with Crippen LogP contribution in [0.4, 0.5) is 0 Å². The van der Waals surface area contributed by atoms with Crippen molar-refractivity contribution in [1.29, 1.82) is 0 Å². The molecule has 0 unspecified atom stereocenters. The molecule has 0 saturated heterocycles. The molecule has 0 saturated carbocycles. The molecule has 35 heavy (non-hydrogen) atoms. The van der Waals surface area contributed by atoms with E-state index < -0.39 is 0 Å². The maximum Gasteiger partial charge on any atom is 0.276 e. The average molecular weight is 526 g/mol. The molecule has 1 N–H and O–H groups in total. The molecule has 5 rings (SSSR count). The van der Waals surface area contributed by atoms with Crippen LogP contribution in [-0.4, -0.2) is 28.4 Å². The van der Waals surface area contributed by atoms with Crippen LogP contribution in [-0.2, 0) is 6.42 Å². The number of hydrogen-bond donors (Lipinski definition) is 1. The van der Waals surface area contributed by atoms with Crippen LogP contribution in [0.25, 0.3) is 17.3 Å². The summed E-state index contributed by atoms with van der Waals surface area (Å²) in [6.07, 6.45) is 9.96. The lowest BCUT2D eigenvalue weighted by Crippen LogP contribution is -2.25. The molecular weight excluding hydrogens is 503 g/mol. The van der Waals surface area contributed by atoms with Gasteiger partial charge in [-0.1, -0.05) is 46.9 Å². The molecule has 2 aromatic carbocycles. The maximum absolute atomic E-state index is 13.4. The Morgan fingerprint density at radius 3 is 2.49 bits per heavy atom. The van der Waals surface area contributed by atoms with Gasteiger partial charge >= 0.3 is 0 Å². The molecule has 2 heterocycles. The normalized spacial score (nSPS) is 16.5. The van der Waals surface area contributed by atoms with Crippen LogP contribution in [0.2, 0.25) is 15.1 Å². The van der Waals surface area contributed by atoms with Crippen molar-refractivity contribution in [3.05, 3.63) is 91.8 Å². The fourth-order valence-corrected chi connectivity index (χ4v) is 5.07. The van der Waals surface area contributed by atoms with E-state index in [9.17, 15) is 4.79 Å². The number of dihydropyridines is 1. The Kier molecular flexibility index (Phi) is 7.09. The van der Waals surface area contributed by atoms with E-state index in [1.54, 1.807) is 23.0 Å². The summed E-state index contributed by atoms with van der Waals surface area (Å²) in [6.45, 7) is 0.660. The topological polar surface area (TPSA) is 59.3 Å². The molecule has 8 heteroatoms. The minimum Gasteiger partial charge on any atom is -0.324 e. The van der Waals surface area contributed by atoms with E-state index in [-0.39, 0.29) is 5.91 Å². The van der Waals surface area contributed by atoms with Crippen LogP contribution in [0.1, 0.15) is 53.0 Å². The van der Waals surface area contributed by atoms with Gasteiger partial charge in [-0.2, -0.15) is 5.10 Å². The van der Waals surface area contributed by atoms with E-state index in [1.165, 1.54) is 0 Å². The van der Waals surface area contributed by atoms with Gasteiger partial charge in [-0.05, 0) is 79.3 Å². The number of amides is 1. The van der Waals surface area contributed by atoms with Gasteiger partial charge in [0.15, 0.2) is 5.69 Å². The first-order chi connectivity index (χ1) is 17.0. The lowest BCUT2D eigenvalue weighted by atomic mass is 10.0.